The SMILES string of the molecule is Cc1cccc(S(=O)(=O)NCC(C)(C)CCBr)c1. The minimum Gasteiger partial charge on any atom is -0.211 e. The van der Waals surface area contributed by atoms with Crippen molar-refractivity contribution in [3.63, 3.8) is 0 Å². The molecule has 0 fully saturated rings. The third-order valence-corrected chi connectivity index (χ3v) is 4.61. The summed E-state index contributed by atoms with van der Waals surface area (Å²) in [5.74, 6) is 0. The summed E-state index contributed by atoms with van der Waals surface area (Å²) >= 11 is 3.38. The molecule has 5 heteroatoms. The Balaban J connectivity index is 2.78. The van der Waals surface area contributed by atoms with Crippen LogP contribution in [0.5, 0.6) is 0 Å². The predicted molar refractivity (Wildman–Crippen MR) is 78.6 cm³/mol. The van der Waals surface area contributed by atoms with Gasteiger partial charge in [-0.3, -0.25) is 0 Å². The third-order valence-electron chi connectivity index (χ3n) is 2.81. The Morgan fingerprint density at radius 2 is 2.00 bits per heavy atom. The molecular formula is C13H20BrNO2S. The summed E-state index contributed by atoms with van der Waals surface area (Å²) < 4.78 is 26.9. The molecule has 1 aromatic carbocycles. The van der Waals surface area contributed by atoms with E-state index in [9.17, 15) is 8.42 Å². The lowest BCUT2D eigenvalue weighted by molar-refractivity contribution is 0.354. The maximum absolute atomic E-state index is 12.1. The van der Waals surface area contributed by atoms with E-state index in [2.05, 4.69) is 20.7 Å². The summed E-state index contributed by atoms with van der Waals surface area (Å²) in [6, 6.07) is 6.94. The minimum atomic E-state index is -3.40. The van der Waals surface area contributed by atoms with Gasteiger partial charge < -0.3 is 0 Å². The van der Waals surface area contributed by atoms with Gasteiger partial charge in [-0.1, -0.05) is 41.9 Å². The highest BCUT2D eigenvalue weighted by atomic mass is 79.9. The number of rotatable bonds is 6. The van der Waals surface area contributed by atoms with E-state index >= 15 is 0 Å². The van der Waals surface area contributed by atoms with Gasteiger partial charge in [-0.2, -0.15) is 0 Å². The van der Waals surface area contributed by atoms with E-state index in [0.717, 1.165) is 17.3 Å². The second-order valence-electron chi connectivity index (χ2n) is 5.24. The normalized spacial score (nSPS) is 12.7. The standard InChI is InChI=1S/C13H20BrNO2S/c1-11-5-4-6-12(9-11)18(16,17)15-10-13(2,3)7-8-14/h4-6,9,15H,7-8,10H2,1-3H3. The summed E-state index contributed by atoms with van der Waals surface area (Å²) in [6.07, 6.45) is 0.920. The zero-order chi connectivity index (χ0) is 13.8. The highest BCUT2D eigenvalue weighted by Crippen LogP contribution is 2.21. The highest BCUT2D eigenvalue weighted by Gasteiger charge is 2.21. The van der Waals surface area contributed by atoms with Crippen molar-refractivity contribution in [3.05, 3.63) is 29.8 Å². The van der Waals surface area contributed by atoms with Crippen molar-refractivity contribution in [1.29, 1.82) is 0 Å². The Morgan fingerprint density at radius 1 is 1.33 bits per heavy atom. The molecule has 0 saturated heterocycles. The number of hydrogen-bond acceptors (Lipinski definition) is 2. The van der Waals surface area contributed by atoms with Gasteiger partial charge in [0.15, 0.2) is 0 Å². The molecule has 0 amide bonds. The number of hydrogen-bond donors (Lipinski definition) is 1. The number of benzene rings is 1. The maximum Gasteiger partial charge on any atom is 0.240 e. The first-order valence-electron chi connectivity index (χ1n) is 5.89. The molecule has 0 aliphatic rings. The predicted octanol–water partition coefficient (Wildman–Crippen LogP) is 3.08. The first-order chi connectivity index (χ1) is 8.27. The van der Waals surface area contributed by atoms with Crippen LogP contribution in [0.15, 0.2) is 29.2 Å². The van der Waals surface area contributed by atoms with Gasteiger partial charge in [0.2, 0.25) is 10.0 Å². The molecule has 1 N–H and O–H groups in total. The highest BCUT2D eigenvalue weighted by molar-refractivity contribution is 9.09. The van der Waals surface area contributed by atoms with Crippen LogP contribution in [0.25, 0.3) is 0 Å². The second kappa shape index (κ2) is 6.17. The van der Waals surface area contributed by atoms with Crippen molar-refractivity contribution in [2.24, 2.45) is 5.41 Å². The molecule has 1 aromatic rings. The second-order valence-corrected chi connectivity index (χ2v) is 7.80. The molecule has 0 aliphatic heterocycles. The maximum atomic E-state index is 12.1. The summed E-state index contributed by atoms with van der Waals surface area (Å²) in [6.45, 7) is 6.42. The van der Waals surface area contributed by atoms with Gasteiger partial charge in [0.1, 0.15) is 0 Å². The lowest BCUT2D eigenvalue weighted by atomic mass is 9.91. The van der Waals surface area contributed by atoms with Gasteiger partial charge in [-0.05, 0) is 36.5 Å². The van der Waals surface area contributed by atoms with E-state index < -0.39 is 10.0 Å². The molecule has 1 rings (SSSR count). The molecule has 0 spiro atoms. The average Bonchev–Trinajstić information content (AvgIpc) is 2.27. The summed E-state index contributed by atoms with van der Waals surface area (Å²) in [4.78, 5) is 0.331. The van der Waals surface area contributed by atoms with Crippen molar-refractivity contribution >= 4 is 26.0 Å². The first kappa shape index (κ1) is 15.7. The molecule has 0 saturated carbocycles. The van der Waals surface area contributed by atoms with Crippen molar-refractivity contribution in [2.75, 3.05) is 11.9 Å². The molecule has 0 aliphatic carbocycles. The van der Waals surface area contributed by atoms with Crippen molar-refractivity contribution in [2.45, 2.75) is 32.1 Å². The molecule has 0 heterocycles. The van der Waals surface area contributed by atoms with Gasteiger partial charge in [0, 0.05) is 11.9 Å². The van der Waals surface area contributed by atoms with E-state index in [1.165, 1.54) is 0 Å². The third kappa shape index (κ3) is 4.71. The molecule has 0 bridgehead atoms. The number of halogens is 1. The summed E-state index contributed by atoms with van der Waals surface area (Å²) in [5, 5.41) is 0.867. The largest absolute Gasteiger partial charge is 0.240 e. The lowest BCUT2D eigenvalue weighted by Gasteiger charge is -2.23. The summed E-state index contributed by atoms with van der Waals surface area (Å²) in [7, 11) is -3.40. The van der Waals surface area contributed by atoms with Crippen LogP contribution < -0.4 is 4.72 Å². The zero-order valence-corrected chi connectivity index (χ0v) is 13.4. The van der Waals surface area contributed by atoms with Crippen LogP contribution in [0, 0.1) is 12.3 Å². The number of sulfonamides is 1. The van der Waals surface area contributed by atoms with Crippen LogP contribution in [0.3, 0.4) is 0 Å². The Kier molecular flexibility index (Phi) is 5.37. The van der Waals surface area contributed by atoms with Gasteiger partial charge in [0.25, 0.3) is 0 Å². The molecule has 18 heavy (non-hydrogen) atoms. The number of aryl methyl sites for hydroxylation is 1. The van der Waals surface area contributed by atoms with E-state index in [1.54, 1.807) is 18.2 Å². The molecule has 0 unspecified atom stereocenters. The van der Waals surface area contributed by atoms with Gasteiger partial charge in [0.05, 0.1) is 4.90 Å². The number of nitrogens with one attached hydrogen (secondary N) is 1. The van der Waals surface area contributed by atoms with Gasteiger partial charge in [-0.15, -0.1) is 0 Å². The van der Waals surface area contributed by atoms with Crippen molar-refractivity contribution < 1.29 is 8.42 Å². The van der Waals surface area contributed by atoms with Crippen molar-refractivity contribution in [3.8, 4) is 0 Å². The van der Waals surface area contributed by atoms with E-state index in [4.69, 9.17) is 0 Å². The van der Waals surface area contributed by atoms with Gasteiger partial charge in [-0.25, -0.2) is 13.1 Å². The zero-order valence-electron chi connectivity index (χ0n) is 11.0. The van der Waals surface area contributed by atoms with Crippen molar-refractivity contribution in [1.82, 2.24) is 4.72 Å². The van der Waals surface area contributed by atoms with Crippen LogP contribution in [0.1, 0.15) is 25.8 Å². The quantitative estimate of drug-likeness (QED) is 0.813. The van der Waals surface area contributed by atoms with Crippen LogP contribution in [0.2, 0.25) is 0 Å². The monoisotopic (exact) mass is 333 g/mol. The lowest BCUT2D eigenvalue weighted by Crippen LogP contribution is -2.34. The smallest absolute Gasteiger partial charge is 0.211 e. The Morgan fingerprint density at radius 3 is 2.56 bits per heavy atom. The average molecular weight is 334 g/mol. The molecular weight excluding hydrogens is 314 g/mol. The van der Waals surface area contributed by atoms with E-state index in [-0.39, 0.29) is 5.41 Å². The van der Waals surface area contributed by atoms with E-state index in [1.807, 2.05) is 26.8 Å². The molecule has 3 nitrogen and oxygen atoms in total. The molecule has 0 atom stereocenters. The van der Waals surface area contributed by atoms with Gasteiger partial charge >= 0.3 is 0 Å². The molecule has 0 radical (unpaired) electrons. The topological polar surface area (TPSA) is 46.2 Å². The number of alkyl halides is 1. The Hall–Kier alpha value is -0.390. The minimum absolute atomic E-state index is 0.0552. The molecule has 102 valence electrons. The fourth-order valence-corrected chi connectivity index (χ4v) is 3.92. The van der Waals surface area contributed by atoms with Crippen LogP contribution in [-0.2, 0) is 10.0 Å². The fraction of sp³-hybridized carbons (Fsp3) is 0.538. The fourth-order valence-electron chi connectivity index (χ4n) is 1.50. The Bertz CT molecular complexity index is 497. The Labute approximate surface area is 118 Å². The summed E-state index contributed by atoms with van der Waals surface area (Å²) in [5.41, 5.74) is 0.887. The van der Waals surface area contributed by atoms with E-state index in [0.29, 0.717) is 11.4 Å². The van der Waals surface area contributed by atoms with Crippen LogP contribution in [-0.4, -0.2) is 20.3 Å². The van der Waals surface area contributed by atoms with Crippen LogP contribution in [0.4, 0.5) is 0 Å². The first-order valence-corrected chi connectivity index (χ1v) is 8.50. The van der Waals surface area contributed by atoms with Crippen LogP contribution >= 0.6 is 15.9 Å². The molecule has 0 aromatic heterocycles.